The van der Waals surface area contributed by atoms with Gasteiger partial charge in [-0.1, -0.05) is 24.3 Å². The molecular weight excluding hydrogens is 200 g/mol. The van der Waals surface area contributed by atoms with Crippen molar-refractivity contribution in [2.75, 3.05) is 0 Å². The maximum Gasteiger partial charge on any atom is 0.192 e. The highest BCUT2D eigenvalue weighted by atomic mass is 16.4. The molecule has 1 aliphatic rings. The second-order valence-corrected chi connectivity index (χ2v) is 4.25. The Morgan fingerprint density at radius 1 is 1.38 bits per heavy atom. The molecule has 0 bridgehead atoms. The lowest BCUT2D eigenvalue weighted by atomic mass is 10.0. The van der Waals surface area contributed by atoms with E-state index in [0.717, 1.165) is 29.9 Å². The van der Waals surface area contributed by atoms with Crippen molar-refractivity contribution in [2.45, 2.75) is 25.8 Å². The number of aryl methyl sites for hydroxylation is 2. The molecule has 0 amide bonds. The number of hydrogen-bond acceptors (Lipinski definition) is 3. The van der Waals surface area contributed by atoms with E-state index in [1.165, 1.54) is 5.56 Å². The van der Waals surface area contributed by atoms with Gasteiger partial charge in [-0.25, -0.2) is 4.98 Å². The van der Waals surface area contributed by atoms with Crippen LogP contribution in [0.3, 0.4) is 0 Å². The van der Waals surface area contributed by atoms with Gasteiger partial charge in [-0.2, -0.15) is 0 Å². The molecule has 0 aliphatic heterocycles. The predicted octanol–water partition coefficient (Wildman–Crippen LogP) is 2.60. The number of nitrogens with zero attached hydrogens (tertiary/aromatic N) is 1. The van der Waals surface area contributed by atoms with E-state index in [1.54, 1.807) is 0 Å². The minimum absolute atomic E-state index is 0.0140. The van der Waals surface area contributed by atoms with Gasteiger partial charge in [0, 0.05) is 12.5 Å². The van der Waals surface area contributed by atoms with Gasteiger partial charge in [0.05, 0.1) is 6.04 Å². The number of rotatable bonds is 0. The first-order valence-corrected chi connectivity index (χ1v) is 5.57. The van der Waals surface area contributed by atoms with Crippen molar-refractivity contribution in [2.24, 2.45) is 5.73 Å². The molecule has 0 saturated carbocycles. The molecule has 1 atom stereocenters. The molecule has 0 spiro atoms. The van der Waals surface area contributed by atoms with Crippen LogP contribution in [-0.2, 0) is 6.42 Å². The first-order chi connectivity index (χ1) is 7.75. The van der Waals surface area contributed by atoms with E-state index in [9.17, 15) is 0 Å². The van der Waals surface area contributed by atoms with Gasteiger partial charge in [0.2, 0.25) is 0 Å². The second kappa shape index (κ2) is 3.46. The third-order valence-electron chi connectivity index (χ3n) is 3.10. The van der Waals surface area contributed by atoms with Crippen molar-refractivity contribution < 1.29 is 4.42 Å². The monoisotopic (exact) mass is 214 g/mol. The van der Waals surface area contributed by atoms with Crippen LogP contribution < -0.4 is 5.73 Å². The zero-order valence-corrected chi connectivity index (χ0v) is 9.23. The van der Waals surface area contributed by atoms with E-state index in [2.05, 4.69) is 23.2 Å². The van der Waals surface area contributed by atoms with Crippen LogP contribution in [0.4, 0.5) is 0 Å². The lowest BCUT2D eigenvalue weighted by molar-refractivity contribution is 0.533. The van der Waals surface area contributed by atoms with E-state index in [-0.39, 0.29) is 6.04 Å². The zero-order chi connectivity index (χ0) is 11.1. The summed E-state index contributed by atoms with van der Waals surface area (Å²) in [6, 6.07) is 8.28. The van der Waals surface area contributed by atoms with Crippen LogP contribution in [0.15, 0.2) is 28.7 Å². The summed E-state index contributed by atoms with van der Waals surface area (Å²) in [5.41, 5.74) is 9.47. The Labute approximate surface area is 94.3 Å². The fraction of sp³-hybridized carbons (Fsp3) is 0.308. The molecular formula is C13H14N2O. The topological polar surface area (TPSA) is 52.0 Å². The van der Waals surface area contributed by atoms with E-state index in [4.69, 9.17) is 10.2 Å². The largest absolute Gasteiger partial charge is 0.441 e. The third-order valence-corrected chi connectivity index (χ3v) is 3.10. The zero-order valence-electron chi connectivity index (χ0n) is 9.23. The van der Waals surface area contributed by atoms with E-state index in [1.807, 2.05) is 13.0 Å². The van der Waals surface area contributed by atoms with Gasteiger partial charge in [-0.15, -0.1) is 0 Å². The van der Waals surface area contributed by atoms with Crippen molar-refractivity contribution in [3.63, 3.8) is 0 Å². The first kappa shape index (κ1) is 9.60. The highest BCUT2D eigenvalue weighted by molar-refractivity contribution is 5.66. The summed E-state index contributed by atoms with van der Waals surface area (Å²) in [7, 11) is 0. The molecule has 0 saturated heterocycles. The Kier molecular flexibility index (Phi) is 2.07. The SMILES string of the molecule is Cc1nc2c(o1)-c1ccccc1CCC2N. The van der Waals surface area contributed by atoms with Crippen molar-refractivity contribution in [1.82, 2.24) is 4.98 Å². The summed E-state index contributed by atoms with van der Waals surface area (Å²) >= 11 is 0. The molecule has 1 aliphatic carbocycles. The van der Waals surface area contributed by atoms with Crippen molar-refractivity contribution >= 4 is 0 Å². The Morgan fingerprint density at radius 2 is 2.19 bits per heavy atom. The lowest BCUT2D eigenvalue weighted by Crippen LogP contribution is -2.10. The van der Waals surface area contributed by atoms with Crippen LogP contribution >= 0.6 is 0 Å². The summed E-state index contributed by atoms with van der Waals surface area (Å²) in [5.74, 6) is 1.55. The molecule has 82 valence electrons. The highest BCUT2D eigenvalue weighted by Gasteiger charge is 2.24. The molecule has 3 heteroatoms. The molecule has 1 aromatic heterocycles. The Morgan fingerprint density at radius 3 is 3.06 bits per heavy atom. The van der Waals surface area contributed by atoms with Crippen LogP contribution in [0.25, 0.3) is 11.3 Å². The van der Waals surface area contributed by atoms with E-state index >= 15 is 0 Å². The van der Waals surface area contributed by atoms with Gasteiger partial charge >= 0.3 is 0 Å². The van der Waals surface area contributed by atoms with Gasteiger partial charge in [0.25, 0.3) is 0 Å². The molecule has 16 heavy (non-hydrogen) atoms. The number of aromatic nitrogens is 1. The van der Waals surface area contributed by atoms with Crippen LogP contribution in [0.1, 0.15) is 29.6 Å². The normalized spacial score (nSPS) is 18.8. The number of oxazole rings is 1. The summed E-state index contributed by atoms with van der Waals surface area (Å²) in [6.45, 7) is 1.87. The molecule has 1 unspecified atom stereocenters. The third kappa shape index (κ3) is 1.36. The summed E-state index contributed by atoms with van der Waals surface area (Å²) < 4.78 is 5.69. The van der Waals surface area contributed by atoms with E-state index < -0.39 is 0 Å². The number of benzene rings is 1. The fourth-order valence-corrected chi connectivity index (χ4v) is 2.30. The average Bonchev–Trinajstić information content (AvgIpc) is 2.63. The molecule has 2 aromatic rings. The first-order valence-electron chi connectivity index (χ1n) is 5.57. The van der Waals surface area contributed by atoms with Crippen molar-refractivity contribution in [1.29, 1.82) is 0 Å². The van der Waals surface area contributed by atoms with Crippen LogP contribution in [0.2, 0.25) is 0 Å². The van der Waals surface area contributed by atoms with Crippen LogP contribution in [0, 0.1) is 6.92 Å². The number of hydrogen-bond donors (Lipinski definition) is 1. The molecule has 1 heterocycles. The molecule has 3 rings (SSSR count). The van der Waals surface area contributed by atoms with Gasteiger partial charge in [0.15, 0.2) is 11.7 Å². The summed E-state index contributed by atoms with van der Waals surface area (Å²) in [5, 5.41) is 0. The van der Waals surface area contributed by atoms with Gasteiger partial charge in [-0.3, -0.25) is 0 Å². The van der Waals surface area contributed by atoms with Crippen LogP contribution in [0.5, 0.6) is 0 Å². The van der Waals surface area contributed by atoms with Crippen molar-refractivity contribution in [3.8, 4) is 11.3 Å². The molecule has 0 radical (unpaired) electrons. The van der Waals surface area contributed by atoms with E-state index in [0.29, 0.717) is 5.89 Å². The maximum atomic E-state index is 6.12. The minimum Gasteiger partial charge on any atom is -0.441 e. The Hall–Kier alpha value is -1.61. The molecule has 3 nitrogen and oxygen atoms in total. The summed E-state index contributed by atoms with van der Waals surface area (Å²) in [4.78, 5) is 4.40. The summed E-state index contributed by atoms with van der Waals surface area (Å²) in [6.07, 6.45) is 1.91. The highest BCUT2D eigenvalue weighted by Crippen LogP contribution is 2.36. The maximum absolute atomic E-state index is 6.12. The van der Waals surface area contributed by atoms with Crippen molar-refractivity contribution in [3.05, 3.63) is 41.4 Å². The number of fused-ring (bicyclic) bond motifs is 3. The van der Waals surface area contributed by atoms with Gasteiger partial charge in [-0.05, 0) is 18.4 Å². The Bertz CT molecular complexity index is 530. The fourth-order valence-electron chi connectivity index (χ4n) is 2.30. The smallest absolute Gasteiger partial charge is 0.192 e. The molecule has 0 fully saturated rings. The Balaban J connectivity index is 2.27. The quantitative estimate of drug-likeness (QED) is 0.733. The second-order valence-electron chi connectivity index (χ2n) is 4.25. The minimum atomic E-state index is -0.0140. The number of nitrogens with two attached hydrogens (primary N) is 1. The standard InChI is InChI=1S/C13H14N2O/c1-8-15-12-11(14)7-6-9-4-2-3-5-10(9)13(12)16-8/h2-5,11H,6-7,14H2,1H3. The predicted molar refractivity (Wildman–Crippen MR) is 61.9 cm³/mol. The lowest BCUT2D eigenvalue weighted by Gasteiger charge is -2.04. The van der Waals surface area contributed by atoms with Crippen LogP contribution in [-0.4, -0.2) is 4.98 Å². The molecule has 2 N–H and O–H groups in total. The van der Waals surface area contributed by atoms with Gasteiger partial charge in [0.1, 0.15) is 5.69 Å². The average molecular weight is 214 g/mol. The molecule has 1 aromatic carbocycles. The van der Waals surface area contributed by atoms with Gasteiger partial charge < -0.3 is 10.2 Å².